The number of allylic oxidation sites excluding steroid dienone is 1. The molecule has 0 spiro atoms. The van der Waals surface area contributed by atoms with Gasteiger partial charge in [-0.1, -0.05) is 46.1 Å². The summed E-state index contributed by atoms with van der Waals surface area (Å²) in [6.07, 6.45) is 8.71. The lowest BCUT2D eigenvalue weighted by atomic mass is 9.44. The highest BCUT2D eigenvalue weighted by molar-refractivity contribution is 5.92. The molecule has 2 unspecified atom stereocenters. The molecule has 0 aliphatic heterocycles. The van der Waals surface area contributed by atoms with Crippen molar-refractivity contribution >= 4 is 11.6 Å². The molecule has 0 radical (unpaired) electrons. The number of carbonyl (C=O) groups excluding carboxylic acids is 2. The van der Waals surface area contributed by atoms with E-state index in [0.29, 0.717) is 37.7 Å². The maximum atomic E-state index is 13.2. The zero-order chi connectivity index (χ0) is 23.3. The number of ketones is 2. The van der Waals surface area contributed by atoms with Crippen LogP contribution in [0, 0.1) is 34.5 Å². The molecule has 2 N–H and O–H groups in total. The van der Waals surface area contributed by atoms with E-state index in [-0.39, 0.29) is 28.8 Å². The molecule has 4 aliphatic rings. The number of rotatable bonds is 7. The highest BCUT2D eigenvalue weighted by atomic mass is 16.5. The van der Waals surface area contributed by atoms with Gasteiger partial charge >= 0.3 is 0 Å². The Labute approximate surface area is 193 Å². The fraction of sp³-hybridized carbons (Fsp3) is 0.852. The fourth-order valence-electron chi connectivity index (χ4n) is 8.61. The van der Waals surface area contributed by atoms with Crippen LogP contribution in [0.25, 0.3) is 0 Å². The van der Waals surface area contributed by atoms with Crippen molar-refractivity contribution in [3.05, 3.63) is 11.6 Å². The number of hydrogen-bond acceptors (Lipinski definition) is 5. The molecule has 0 saturated heterocycles. The standard InChI is InChI=1S/C27H42O5/c1-5-6-7-12-32-27(23(31)16-28)11-9-20-19-13-17(2)21-14-18(29)8-10-25(21,3)24(19)22(30)15-26(20,27)4/h14,17,19-20,22,24,28,30H,5-13,15-16H2,1-4H3/t17?,19-,20-,22?,24+,25-,26-,27-/m0/s1. The monoisotopic (exact) mass is 446 g/mol. The summed E-state index contributed by atoms with van der Waals surface area (Å²) in [4.78, 5) is 25.4. The van der Waals surface area contributed by atoms with Gasteiger partial charge in [0, 0.05) is 18.4 Å². The van der Waals surface area contributed by atoms with Crippen LogP contribution in [-0.4, -0.2) is 46.7 Å². The third-order valence-corrected chi connectivity index (χ3v) is 10.0. The Morgan fingerprint density at radius 1 is 1.25 bits per heavy atom. The zero-order valence-electron chi connectivity index (χ0n) is 20.4. The second-order valence-electron chi connectivity index (χ2n) is 11.6. The van der Waals surface area contributed by atoms with Crippen LogP contribution in [0.5, 0.6) is 0 Å². The van der Waals surface area contributed by atoms with E-state index in [1.807, 2.05) is 6.08 Å². The summed E-state index contributed by atoms with van der Waals surface area (Å²) in [5, 5.41) is 21.5. The lowest BCUT2D eigenvalue weighted by molar-refractivity contribution is -0.198. The average molecular weight is 447 g/mol. The van der Waals surface area contributed by atoms with E-state index in [2.05, 4.69) is 27.7 Å². The lowest BCUT2D eigenvalue weighted by Crippen LogP contribution is -2.63. The summed E-state index contributed by atoms with van der Waals surface area (Å²) >= 11 is 0. The Hall–Kier alpha value is -1.04. The smallest absolute Gasteiger partial charge is 0.190 e. The van der Waals surface area contributed by atoms with E-state index < -0.39 is 23.7 Å². The number of unbranched alkanes of at least 4 members (excludes halogenated alkanes) is 2. The highest BCUT2D eigenvalue weighted by Crippen LogP contribution is 2.69. The van der Waals surface area contributed by atoms with Gasteiger partial charge in [0.2, 0.25) is 0 Å². The largest absolute Gasteiger partial charge is 0.393 e. The molecule has 0 amide bonds. The van der Waals surface area contributed by atoms with Crippen LogP contribution in [-0.2, 0) is 14.3 Å². The van der Waals surface area contributed by atoms with Gasteiger partial charge in [-0.25, -0.2) is 0 Å². The quantitative estimate of drug-likeness (QED) is 0.572. The van der Waals surface area contributed by atoms with Gasteiger partial charge in [-0.15, -0.1) is 0 Å². The lowest BCUT2D eigenvalue weighted by Gasteiger charge is -2.62. The van der Waals surface area contributed by atoms with Crippen LogP contribution in [0.3, 0.4) is 0 Å². The summed E-state index contributed by atoms with van der Waals surface area (Å²) < 4.78 is 6.44. The molecule has 4 rings (SSSR count). The van der Waals surface area contributed by atoms with Crippen LogP contribution >= 0.6 is 0 Å². The summed E-state index contributed by atoms with van der Waals surface area (Å²) in [5.41, 5.74) is -0.425. The van der Waals surface area contributed by atoms with Crippen molar-refractivity contribution in [2.24, 2.45) is 34.5 Å². The number of fused-ring (bicyclic) bond motifs is 5. The molecule has 4 aliphatic carbocycles. The Balaban J connectivity index is 1.70. The van der Waals surface area contributed by atoms with Crippen LogP contribution in [0.2, 0.25) is 0 Å². The molecule has 180 valence electrons. The molecule has 0 aromatic heterocycles. The Bertz CT molecular complexity index is 789. The molecule has 3 fully saturated rings. The molecule has 0 bridgehead atoms. The predicted molar refractivity (Wildman–Crippen MR) is 123 cm³/mol. The average Bonchev–Trinajstić information content (AvgIpc) is 3.04. The van der Waals surface area contributed by atoms with E-state index >= 15 is 0 Å². The van der Waals surface area contributed by atoms with Crippen molar-refractivity contribution in [3.8, 4) is 0 Å². The van der Waals surface area contributed by atoms with Crippen molar-refractivity contribution in [3.63, 3.8) is 0 Å². The maximum Gasteiger partial charge on any atom is 0.190 e. The summed E-state index contributed by atoms with van der Waals surface area (Å²) in [6.45, 7) is 8.77. The summed E-state index contributed by atoms with van der Waals surface area (Å²) in [5.74, 6) is 0.971. The van der Waals surface area contributed by atoms with Crippen LogP contribution in [0.1, 0.15) is 85.5 Å². The molecule has 0 aromatic carbocycles. The highest BCUT2D eigenvalue weighted by Gasteiger charge is 2.69. The first-order valence-electron chi connectivity index (χ1n) is 12.9. The first-order chi connectivity index (χ1) is 15.1. The van der Waals surface area contributed by atoms with Gasteiger partial charge in [0.05, 0.1) is 6.10 Å². The van der Waals surface area contributed by atoms with Gasteiger partial charge in [-0.2, -0.15) is 0 Å². The molecule has 5 nitrogen and oxygen atoms in total. The Morgan fingerprint density at radius 3 is 2.69 bits per heavy atom. The summed E-state index contributed by atoms with van der Waals surface area (Å²) in [6, 6.07) is 0. The SMILES string of the molecule is CCCCCO[C@]1(C(=O)CO)CC[C@H]2[C@@H]3CC(C)C4=CC(=O)CC[C@]4(C)[C@H]3C(O)C[C@@]21C. The molecule has 0 aromatic rings. The third kappa shape index (κ3) is 3.37. The number of aliphatic hydroxyl groups is 2. The van der Waals surface area contributed by atoms with Crippen molar-refractivity contribution < 1.29 is 24.5 Å². The second-order valence-corrected chi connectivity index (χ2v) is 11.6. The molecular weight excluding hydrogens is 404 g/mol. The minimum absolute atomic E-state index is 0.108. The van der Waals surface area contributed by atoms with Gasteiger partial charge in [0.1, 0.15) is 12.2 Å². The Kier molecular flexibility index (Phi) is 6.50. The molecule has 0 heterocycles. The second kappa shape index (κ2) is 8.63. The normalized spacial score (nSPS) is 45.6. The maximum absolute atomic E-state index is 13.2. The molecule has 3 saturated carbocycles. The van der Waals surface area contributed by atoms with Crippen molar-refractivity contribution in [2.75, 3.05) is 13.2 Å². The van der Waals surface area contributed by atoms with Gasteiger partial charge in [0.25, 0.3) is 0 Å². The van der Waals surface area contributed by atoms with Crippen LogP contribution in [0.15, 0.2) is 11.6 Å². The van der Waals surface area contributed by atoms with Crippen molar-refractivity contribution in [2.45, 2.75) is 97.2 Å². The minimum atomic E-state index is -1.01. The molecular formula is C27H42O5. The topological polar surface area (TPSA) is 83.8 Å². The number of aliphatic hydroxyl groups excluding tert-OH is 2. The number of carbonyl (C=O) groups is 2. The van der Waals surface area contributed by atoms with Crippen molar-refractivity contribution in [1.82, 2.24) is 0 Å². The third-order valence-electron chi connectivity index (χ3n) is 10.0. The zero-order valence-corrected chi connectivity index (χ0v) is 20.4. The fourth-order valence-corrected chi connectivity index (χ4v) is 8.61. The first-order valence-corrected chi connectivity index (χ1v) is 12.9. The predicted octanol–water partition coefficient (Wildman–Crippen LogP) is 4.24. The van der Waals surface area contributed by atoms with Gasteiger partial charge in [0.15, 0.2) is 11.6 Å². The van der Waals surface area contributed by atoms with Crippen molar-refractivity contribution in [1.29, 1.82) is 0 Å². The van der Waals surface area contributed by atoms with Crippen LogP contribution in [0.4, 0.5) is 0 Å². The molecule has 8 atom stereocenters. The first kappa shape index (κ1) is 24.1. The van der Waals surface area contributed by atoms with E-state index in [0.717, 1.165) is 38.5 Å². The summed E-state index contributed by atoms with van der Waals surface area (Å²) in [7, 11) is 0. The van der Waals surface area contributed by atoms with Gasteiger partial charge in [-0.3, -0.25) is 9.59 Å². The van der Waals surface area contributed by atoms with E-state index in [1.54, 1.807) is 0 Å². The number of ether oxygens (including phenoxy) is 1. The van der Waals surface area contributed by atoms with Gasteiger partial charge in [-0.05, 0) is 73.7 Å². The van der Waals surface area contributed by atoms with Crippen LogP contribution < -0.4 is 0 Å². The van der Waals surface area contributed by atoms with E-state index in [9.17, 15) is 19.8 Å². The van der Waals surface area contributed by atoms with Gasteiger partial charge < -0.3 is 14.9 Å². The molecule has 32 heavy (non-hydrogen) atoms. The van der Waals surface area contributed by atoms with E-state index in [1.165, 1.54) is 5.57 Å². The number of hydrogen-bond donors (Lipinski definition) is 2. The van der Waals surface area contributed by atoms with E-state index in [4.69, 9.17) is 4.74 Å². The minimum Gasteiger partial charge on any atom is -0.393 e. The number of Topliss-reactive ketones (excluding diaryl/α,β-unsaturated/α-hetero) is 1. The Morgan fingerprint density at radius 2 is 2.00 bits per heavy atom. The molecule has 5 heteroatoms.